The predicted octanol–water partition coefficient (Wildman–Crippen LogP) is 7.41. The highest BCUT2D eigenvalue weighted by Crippen LogP contribution is 2.66. The van der Waals surface area contributed by atoms with Gasteiger partial charge >= 0.3 is 0 Å². The molecule has 9 atom stereocenters. The topological polar surface area (TPSA) is 20.2 Å². The molecule has 3 unspecified atom stereocenters. The Hall–Kier alpha value is -0.560. The first kappa shape index (κ1) is 21.7. The zero-order chi connectivity index (χ0) is 20.8. The zero-order valence-electron chi connectivity index (χ0n) is 19.8. The Balaban J connectivity index is 1.52. The molecule has 1 heteroatoms. The summed E-state index contributed by atoms with van der Waals surface area (Å²) in [7, 11) is 0. The highest BCUT2D eigenvalue weighted by molar-refractivity contribution is 5.27. The van der Waals surface area contributed by atoms with Crippen molar-refractivity contribution < 1.29 is 5.11 Å². The molecular weight excluding hydrogens is 352 g/mol. The van der Waals surface area contributed by atoms with Crippen molar-refractivity contribution in [3.63, 3.8) is 0 Å². The van der Waals surface area contributed by atoms with Crippen molar-refractivity contribution in [2.24, 2.45) is 52.3 Å². The standard InChI is InChI=1S/C28H46O/c1-19(21(3)18-29)9-10-20(2)24-13-14-25-23-12-11-22-8-6-7-16-27(22,4)26(23)15-17-28(24,25)5/h9-10,12,19-22,24-26,29H,6-8,11,13-18H2,1-5H3/t19?,20-,21?,22?,24-,25+,26+,27+,28-/m1/s1. The monoisotopic (exact) mass is 398 g/mol. The normalized spacial score (nSPS) is 45.1. The Bertz CT molecular complexity index is 647. The van der Waals surface area contributed by atoms with Crippen LogP contribution in [0, 0.1) is 52.3 Å². The summed E-state index contributed by atoms with van der Waals surface area (Å²) < 4.78 is 0. The summed E-state index contributed by atoms with van der Waals surface area (Å²) in [6, 6.07) is 0. The maximum atomic E-state index is 9.45. The van der Waals surface area contributed by atoms with Gasteiger partial charge in [-0.15, -0.1) is 0 Å². The van der Waals surface area contributed by atoms with Crippen LogP contribution in [0.1, 0.15) is 92.4 Å². The lowest BCUT2D eigenvalue weighted by Gasteiger charge is -2.57. The van der Waals surface area contributed by atoms with E-state index < -0.39 is 0 Å². The highest BCUT2D eigenvalue weighted by atomic mass is 16.3. The summed E-state index contributed by atoms with van der Waals surface area (Å²) in [6.07, 6.45) is 20.6. The first-order valence-corrected chi connectivity index (χ1v) is 12.8. The van der Waals surface area contributed by atoms with Gasteiger partial charge in [0.2, 0.25) is 0 Å². The molecule has 0 amide bonds. The quantitative estimate of drug-likeness (QED) is 0.478. The summed E-state index contributed by atoms with van der Waals surface area (Å²) >= 11 is 0. The summed E-state index contributed by atoms with van der Waals surface area (Å²) in [5.41, 5.74) is 3.00. The number of hydrogen-bond acceptors (Lipinski definition) is 1. The van der Waals surface area contributed by atoms with Gasteiger partial charge in [-0.3, -0.25) is 0 Å². The number of aliphatic hydroxyl groups is 1. The summed E-state index contributed by atoms with van der Waals surface area (Å²) in [5.74, 6) is 4.98. The maximum Gasteiger partial charge on any atom is 0.0462 e. The van der Waals surface area contributed by atoms with Crippen molar-refractivity contribution in [3.05, 3.63) is 23.8 Å². The molecule has 3 fully saturated rings. The molecule has 4 rings (SSSR count). The van der Waals surface area contributed by atoms with Gasteiger partial charge < -0.3 is 5.11 Å². The number of rotatable bonds is 5. The summed E-state index contributed by atoms with van der Waals surface area (Å²) in [5, 5.41) is 9.45. The van der Waals surface area contributed by atoms with Crippen molar-refractivity contribution in [1.82, 2.24) is 0 Å². The van der Waals surface area contributed by atoms with Gasteiger partial charge in [0.15, 0.2) is 0 Å². The van der Waals surface area contributed by atoms with Gasteiger partial charge in [-0.05, 0) is 97.2 Å². The average molecular weight is 399 g/mol. The van der Waals surface area contributed by atoms with E-state index in [2.05, 4.69) is 52.8 Å². The molecule has 4 aliphatic carbocycles. The van der Waals surface area contributed by atoms with Gasteiger partial charge in [0, 0.05) is 6.61 Å². The number of hydrogen-bond donors (Lipinski definition) is 1. The second-order valence-corrected chi connectivity index (χ2v) is 12.0. The Morgan fingerprint density at radius 1 is 0.966 bits per heavy atom. The molecule has 164 valence electrons. The third kappa shape index (κ3) is 3.58. The number of allylic oxidation sites excluding steroid dienone is 4. The van der Waals surface area contributed by atoms with Gasteiger partial charge in [-0.25, -0.2) is 0 Å². The van der Waals surface area contributed by atoms with Crippen LogP contribution in [-0.2, 0) is 0 Å². The molecule has 0 aromatic rings. The third-order valence-corrected chi connectivity index (χ3v) is 10.6. The lowest BCUT2D eigenvalue weighted by Crippen LogP contribution is -2.48. The smallest absolute Gasteiger partial charge is 0.0462 e. The summed E-state index contributed by atoms with van der Waals surface area (Å²) in [6.45, 7) is 12.5. The molecular formula is C28H46O. The maximum absolute atomic E-state index is 9.45. The Kier molecular flexibility index (Phi) is 6.11. The zero-order valence-corrected chi connectivity index (χ0v) is 19.8. The minimum Gasteiger partial charge on any atom is -0.396 e. The van der Waals surface area contributed by atoms with Crippen LogP contribution >= 0.6 is 0 Å². The van der Waals surface area contributed by atoms with E-state index in [9.17, 15) is 5.11 Å². The molecule has 1 nitrogen and oxygen atoms in total. The molecule has 0 bridgehead atoms. The Labute approximate surface area is 180 Å². The van der Waals surface area contributed by atoms with E-state index in [-0.39, 0.29) is 0 Å². The van der Waals surface area contributed by atoms with Crippen molar-refractivity contribution in [3.8, 4) is 0 Å². The van der Waals surface area contributed by atoms with Gasteiger partial charge in [-0.2, -0.15) is 0 Å². The average Bonchev–Trinajstić information content (AvgIpc) is 3.08. The molecule has 0 aromatic carbocycles. The Morgan fingerprint density at radius 3 is 2.48 bits per heavy atom. The second kappa shape index (κ2) is 8.18. The minimum atomic E-state index is 0.290. The van der Waals surface area contributed by atoms with Crippen molar-refractivity contribution in [2.75, 3.05) is 6.61 Å². The molecule has 0 aliphatic heterocycles. The van der Waals surface area contributed by atoms with Crippen LogP contribution in [0.25, 0.3) is 0 Å². The van der Waals surface area contributed by atoms with Gasteiger partial charge in [0.1, 0.15) is 0 Å². The first-order chi connectivity index (χ1) is 13.8. The van der Waals surface area contributed by atoms with Crippen LogP contribution in [0.15, 0.2) is 23.8 Å². The van der Waals surface area contributed by atoms with Crippen LogP contribution in [0.4, 0.5) is 0 Å². The summed E-state index contributed by atoms with van der Waals surface area (Å²) in [4.78, 5) is 0. The number of aliphatic hydroxyl groups excluding tert-OH is 1. The third-order valence-electron chi connectivity index (χ3n) is 10.6. The molecule has 0 radical (unpaired) electrons. The molecule has 0 saturated heterocycles. The van der Waals surface area contributed by atoms with Crippen LogP contribution in [0.2, 0.25) is 0 Å². The Morgan fingerprint density at radius 2 is 1.72 bits per heavy atom. The fraction of sp³-hybridized carbons (Fsp3) is 0.857. The van der Waals surface area contributed by atoms with Crippen molar-refractivity contribution in [2.45, 2.75) is 92.4 Å². The van der Waals surface area contributed by atoms with E-state index in [0.29, 0.717) is 35.2 Å². The molecule has 29 heavy (non-hydrogen) atoms. The number of fused-ring (bicyclic) bond motifs is 5. The van der Waals surface area contributed by atoms with Crippen LogP contribution < -0.4 is 0 Å². The van der Waals surface area contributed by atoms with E-state index in [4.69, 9.17) is 0 Å². The van der Waals surface area contributed by atoms with Gasteiger partial charge in [0.05, 0.1) is 0 Å². The molecule has 0 aromatic heterocycles. The fourth-order valence-electron chi connectivity index (χ4n) is 8.29. The molecule has 0 heterocycles. The van der Waals surface area contributed by atoms with Crippen molar-refractivity contribution in [1.29, 1.82) is 0 Å². The van der Waals surface area contributed by atoms with Crippen LogP contribution in [-0.4, -0.2) is 11.7 Å². The highest BCUT2D eigenvalue weighted by Gasteiger charge is 2.57. The van der Waals surface area contributed by atoms with Crippen molar-refractivity contribution >= 4 is 0 Å². The van der Waals surface area contributed by atoms with Crippen LogP contribution in [0.3, 0.4) is 0 Å². The lowest BCUT2D eigenvalue weighted by molar-refractivity contribution is -0.00481. The van der Waals surface area contributed by atoms with Gasteiger partial charge in [0.25, 0.3) is 0 Å². The van der Waals surface area contributed by atoms with Crippen LogP contribution in [0.5, 0.6) is 0 Å². The molecule has 0 spiro atoms. The fourth-order valence-corrected chi connectivity index (χ4v) is 8.29. The van der Waals surface area contributed by atoms with E-state index in [0.717, 1.165) is 23.7 Å². The largest absolute Gasteiger partial charge is 0.396 e. The van der Waals surface area contributed by atoms with E-state index in [1.807, 2.05) is 5.57 Å². The SMILES string of the molecule is CC(C=C[C@@H](C)[C@H]1CC[C@H]2C3=CCC4CCCC[C@]4(C)[C@H]3CC[C@]12C)C(C)CO. The van der Waals surface area contributed by atoms with Gasteiger partial charge in [-0.1, -0.05) is 71.3 Å². The lowest BCUT2D eigenvalue weighted by atomic mass is 9.48. The van der Waals surface area contributed by atoms with E-state index >= 15 is 0 Å². The predicted molar refractivity (Wildman–Crippen MR) is 124 cm³/mol. The minimum absolute atomic E-state index is 0.290. The van der Waals surface area contributed by atoms with E-state index in [1.54, 1.807) is 0 Å². The molecule has 3 saturated carbocycles. The second-order valence-electron chi connectivity index (χ2n) is 12.0. The first-order valence-electron chi connectivity index (χ1n) is 12.8. The molecule has 1 N–H and O–H groups in total. The molecule has 4 aliphatic rings. The van der Waals surface area contributed by atoms with E-state index in [1.165, 1.54) is 57.8 Å².